The van der Waals surface area contributed by atoms with Crippen molar-refractivity contribution in [3.8, 4) is 0 Å². The fourth-order valence-corrected chi connectivity index (χ4v) is 4.42. The van der Waals surface area contributed by atoms with Gasteiger partial charge in [0.2, 0.25) is 11.8 Å². The molecule has 7 nitrogen and oxygen atoms in total. The molecule has 0 spiro atoms. The predicted octanol–water partition coefficient (Wildman–Crippen LogP) is 2.05. The number of esters is 1. The first-order valence-corrected chi connectivity index (χ1v) is 11.1. The fourth-order valence-electron chi connectivity index (χ4n) is 4.42. The molecule has 2 amide bonds. The molecule has 0 radical (unpaired) electrons. The Labute approximate surface area is 175 Å². The van der Waals surface area contributed by atoms with E-state index >= 15 is 0 Å². The molecule has 2 heterocycles. The number of nitrogens with one attached hydrogen (secondary N) is 1. The van der Waals surface area contributed by atoms with Crippen LogP contribution in [0.3, 0.4) is 0 Å². The van der Waals surface area contributed by atoms with Crippen LogP contribution in [0.15, 0.2) is 0 Å². The van der Waals surface area contributed by atoms with Crippen LogP contribution in [-0.2, 0) is 19.1 Å². The highest BCUT2D eigenvalue weighted by molar-refractivity contribution is 5.90. The molecule has 0 bridgehead atoms. The first-order chi connectivity index (χ1) is 13.7. The number of likely N-dealkylation sites (tertiary alicyclic amines) is 1. The number of methoxy groups -OCH3 is 1. The molecule has 2 atom stereocenters. The van der Waals surface area contributed by atoms with Crippen molar-refractivity contribution in [3.63, 3.8) is 0 Å². The number of rotatable bonds is 8. The van der Waals surface area contributed by atoms with Gasteiger partial charge < -0.3 is 19.9 Å². The number of hydrogen-bond donors (Lipinski definition) is 1. The summed E-state index contributed by atoms with van der Waals surface area (Å²) >= 11 is 0. The van der Waals surface area contributed by atoms with Gasteiger partial charge in [0, 0.05) is 32.6 Å². The Bertz CT molecular complexity index is 570. The number of ether oxygens (including phenoxy) is 1. The molecule has 2 fully saturated rings. The van der Waals surface area contributed by atoms with E-state index in [1.54, 1.807) is 0 Å². The maximum absolute atomic E-state index is 13.4. The summed E-state index contributed by atoms with van der Waals surface area (Å²) in [7, 11) is 1.41. The highest BCUT2D eigenvalue weighted by Crippen LogP contribution is 2.25. The van der Waals surface area contributed by atoms with Crippen molar-refractivity contribution in [1.29, 1.82) is 0 Å². The molecule has 7 heteroatoms. The maximum atomic E-state index is 13.4. The Morgan fingerprint density at radius 2 is 1.76 bits per heavy atom. The lowest BCUT2D eigenvalue weighted by atomic mass is 9.92. The molecule has 2 saturated heterocycles. The van der Waals surface area contributed by atoms with E-state index in [9.17, 15) is 14.4 Å². The van der Waals surface area contributed by atoms with E-state index in [1.807, 2.05) is 9.80 Å². The smallest absolute Gasteiger partial charge is 0.305 e. The van der Waals surface area contributed by atoms with E-state index in [1.165, 1.54) is 7.11 Å². The number of carbonyl (C=O) groups is 3. The quantitative estimate of drug-likeness (QED) is 0.621. The van der Waals surface area contributed by atoms with Crippen LogP contribution < -0.4 is 5.32 Å². The van der Waals surface area contributed by atoms with Gasteiger partial charge in [-0.2, -0.15) is 0 Å². The summed E-state index contributed by atoms with van der Waals surface area (Å²) < 4.78 is 4.77. The minimum atomic E-state index is -0.392. The molecule has 0 aromatic carbocycles. The van der Waals surface area contributed by atoms with Gasteiger partial charge in [0.15, 0.2) is 0 Å². The number of amides is 2. The Kier molecular flexibility index (Phi) is 8.93. The average molecular weight is 410 g/mol. The van der Waals surface area contributed by atoms with Gasteiger partial charge in [0.1, 0.15) is 6.04 Å². The lowest BCUT2D eigenvalue weighted by Gasteiger charge is -2.42. The van der Waals surface area contributed by atoms with Crippen LogP contribution in [0, 0.1) is 17.8 Å². The van der Waals surface area contributed by atoms with E-state index in [2.05, 4.69) is 33.0 Å². The molecule has 29 heavy (non-hydrogen) atoms. The molecule has 0 aromatic heterocycles. The van der Waals surface area contributed by atoms with Gasteiger partial charge in [-0.25, -0.2) is 0 Å². The van der Waals surface area contributed by atoms with Crippen molar-refractivity contribution >= 4 is 17.8 Å². The first kappa shape index (κ1) is 23.6. The van der Waals surface area contributed by atoms with Crippen LogP contribution in [0.5, 0.6) is 0 Å². The molecular weight excluding hydrogens is 370 g/mol. The third-order valence-electron chi connectivity index (χ3n) is 6.00. The third kappa shape index (κ3) is 6.69. The molecule has 2 aliphatic heterocycles. The molecule has 166 valence electrons. The second-order valence-electron chi connectivity index (χ2n) is 9.36. The molecule has 1 N–H and O–H groups in total. The summed E-state index contributed by atoms with van der Waals surface area (Å²) in [5.74, 6) is 0.955. The third-order valence-corrected chi connectivity index (χ3v) is 6.00. The van der Waals surface area contributed by atoms with Crippen LogP contribution >= 0.6 is 0 Å². The number of piperazine rings is 1. The van der Waals surface area contributed by atoms with Crippen molar-refractivity contribution < 1.29 is 19.1 Å². The molecule has 2 aliphatic rings. The first-order valence-electron chi connectivity index (χ1n) is 11.1. The normalized spacial score (nSPS) is 22.3. The van der Waals surface area contributed by atoms with Gasteiger partial charge in [-0.1, -0.05) is 27.7 Å². The lowest BCUT2D eigenvalue weighted by molar-refractivity contribution is -0.150. The van der Waals surface area contributed by atoms with Crippen molar-refractivity contribution in [1.82, 2.24) is 15.1 Å². The van der Waals surface area contributed by atoms with Crippen molar-refractivity contribution in [2.24, 2.45) is 17.8 Å². The Morgan fingerprint density at radius 1 is 1.10 bits per heavy atom. The Hall–Kier alpha value is -1.63. The predicted molar refractivity (Wildman–Crippen MR) is 112 cm³/mol. The minimum Gasteiger partial charge on any atom is -0.469 e. The zero-order valence-electron chi connectivity index (χ0n) is 18.8. The maximum Gasteiger partial charge on any atom is 0.305 e. The van der Waals surface area contributed by atoms with Crippen LogP contribution in [0.4, 0.5) is 0 Å². The average Bonchev–Trinajstić information content (AvgIpc) is 2.67. The Morgan fingerprint density at radius 3 is 2.31 bits per heavy atom. The Balaban J connectivity index is 2.05. The van der Waals surface area contributed by atoms with E-state index in [-0.39, 0.29) is 29.7 Å². The highest BCUT2D eigenvalue weighted by atomic mass is 16.5. The van der Waals surface area contributed by atoms with Gasteiger partial charge in [-0.15, -0.1) is 0 Å². The van der Waals surface area contributed by atoms with Gasteiger partial charge in [-0.05, 0) is 43.4 Å². The number of hydrogen-bond acceptors (Lipinski definition) is 5. The molecular formula is C22H39N3O4. The van der Waals surface area contributed by atoms with Crippen molar-refractivity contribution in [2.45, 2.75) is 71.9 Å². The van der Waals surface area contributed by atoms with E-state index in [0.29, 0.717) is 44.3 Å². The zero-order valence-corrected chi connectivity index (χ0v) is 18.8. The SMILES string of the molecule is COC(=O)CC1CCN(C(=O)[C@H](CC(C)C)N2CCN[C@@H](CC(C)C)C2=O)CC1. The molecule has 2 rings (SSSR count). The summed E-state index contributed by atoms with van der Waals surface area (Å²) in [6.45, 7) is 11.0. The monoisotopic (exact) mass is 409 g/mol. The summed E-state index contributed by atoms with van der Waals surface area (Å²) in [4.78, 5) is 41.8. The summed E-state index contributed by atoms with van der Waals surface area (Å²) in [6, 6.07) is -0.589. The zero-order chi connectivity index (χ0) is 21.6. The molecule has 0 aliphatic carbocycles. The lowest BCUT2D eigenvalue weighted by Crippen LogP contribution is -2.62. The van der Waals surface area contributed by atoms with Crippen LogP contribution in [0.25, 0.3) is 0 Å². The van der Waals surface area contributed by atoms with Crippen molar-refractivity contribution in [3.05, 3.63) is 0 Å². The molecule has 0 unspecified atom stereocenters. The van der Waals surface area contributed by atoms with Gasteiger partial charge in [0.25, 0.3) is 0 Å². The topological polar surface area (TPSA) is 79.0 Å². The number of nitrogens with zero attached hydrogens (tertiary/aromatic N) is 2. The number of carbonyl (C=O) groups excluding carboxylic acids is 3. The van der Waals surface area contributed by atoms with Crippen LogP contribution in [-0.4, -0.2) is 73.0 Å². The summed E-state index contributed by atoms with van der Waals surface area (Å²) in [5, 5.41) is 3.33. The largest absolute Gasteiger partial charge is 0.469 e. The van der Waals surface area contributed by atoms with Gasteiger partial charge in [-0.3, -0.25) is 14.4 Å². The van der Waals surface area contributed by atoms with Gasteiger partial charge in [0.05, 0.1) is 13.2 Å². The van der Waals surface area contributed by atoms with E-state index in [0.717, 1.165) is 25.8 Å². The molecule has 0 aromatic rings. The van der Waals surface area contributed by atoms with E-state index in [4.69, 9.17) is 4.74 Å². The van der Waals surface area contributed by atoms with Crippen LogP contribution in [0.1, 0.15) is 59.8 Å². The summed E-state index contributed by atoms with van der Waals surface area (Å²) in [5.41, 5.74) is 0. The minimum absolute atomic E-state index is 0.0597. The molecule has 0 saturated carbocycles. The van der Waals surface area contributed by atoms with Crippen molar-refractivity contribution in [2.75, 3.05) is 33.3 Å². The second kappa shape index (κ2) is 11.0. The standard InChI is InChI=1S/C22H39N3O4/c1-15(2)12-18-21(27)25(11-8-23-18)19(13-16(3)4)22(28)24-9-6-17(7-10-24)14-20(26)29-5/h15-19,23H,6-14H2,1-5H3/t18-,19-/m0/s1. The summed E-state index contributed by atoms with van der Waals surface area (Å²) in [6.07, 6.45) is 3.50. The van der Waals surface area contributed by atoms with Gasteiger partial charge >= 0.3 is 5.97 Å². The second-order valence-corrected chi connectivity index (χ2v) is 9.36. The number of piperidine rings is 1. The van der Waals surface area contributed by atoms with E-state index < -0.39 is 6.04 Å². The fraction of sp³-hybridized carbons (Fsp3) is 0.864. The highest BCUT2D eigenvalue weighted by Gasteiger charge is 2.39. The van der Waals surface area contributed by atoms with Crippen LogP contribution in [0.2, 0.25) is 0 Å².